The van der Waals surface area contributed by atoms with Crippen LogP contribution in [0.4, 0.5) is 0 Å². The van der Waals surface area contributed by atoms with Gasteiger partial charge in [0.25, 0.3) is 0 Å². The monoisotopic (exact) mass is 239 g/mol. The van der Waals surface area contributed by atoms with Crippen LogP contribution in [0, 0.1) is 0 Å². The fourth-order valence-corrected chi connectivity index (χ4v) is 1.59. The number of rotatable bonds is 4. The Labute approximate surface area is 102 Å². The molecule has 4 N–H and O–H groups in total. The first-order valence-electron chi connectivity index (χ1n) is 5.70. The van der Waals surface area contributed by atoms with Crippen molar-refractivity contribution in [2.45, 2.75) is 39.0 Å². The summed E-state index contributed by atoms with van der Waals surface area (Å²) >= 11 is 0. The SMILES string of the molecule is CC(C)(C)NCC(O)c1cccc(O)c1CO. The van der Waals surface area contributed by atoms with E-state index in [1.54, 1.807) is 12.1 Å². The minimum atomic E-state index is -0.747. The predicted octanol–water partition coefficient (Wildman–Crippen LogP) is 1.31. The van der Waals surface area contributed by atoms with Crippen LogP contribution < -0.4 is 5.32 Å². The van der Waals surface area contributed by atoms with Crippen LogP contribution >= 0.6 is 0 Å². The molecule has 0 aliphatic rings. The molecule has 1 unspecified atom stereocenters. The van der Waals surface area contributed by atoms with Crippen molar-refractivity contribution in [2.24, 2.45) is 0 Å². The molecule has 0 bridgehead atoms. The van der Waals surface area contributed by atoms with Crippen LogP contribution in [0.1, 0.15) is 38.0 Å². The number of β-amino-alcohol motifs (C(OH)–C–C–N with tert-alkyl or cyclic N) is 1. The molecule has 4 nitrogen and oxygen atoms in total. The lowest BCUT2D eigenvalue weighted by Crippen LogP contribution is -2.38. The van der Waals surface area contributed by atoms with Gasteiger partial charge in [-0.05, 0) is 32.4 Å². The molecule has 1 aromatic carbocycles. The van der Waals surface area contributed by atoms with Crippen LogP contribution in [0.2, 0.25) is 0 Å². The van der Waals surface area contributed by atoms with Gasteiger partial charge in [-0.3, -0.25) is 0 Å². The molecule has 0 aliphatic heterocycles. The summed E-state index contributed by atoms with van der Waals surface area (Å²) in [4.78, 5) is 0. The first-order chi connectivity index (χ1) is 7.85. The van der Waals surface area contributed by atoms with Gasteiger partial charge in [0.2, 0.25) is 0 Å². The number of benzene rings is 1. The Bertz CT molecular complexity index is 371. The molecule has 1 rings (SSSR count). The molecule has 0 saturated carbocycles. The molecule has 96 valence electrons. The van der Waals surface area contributed by atoms with Crippen molar-refractivity contribution in [3.05, 3.63) is 29.3 Å². The van der Waals surface area contributed by atoms with E-state index >= 15 is 0 Å². The van der Waals surface area contributed by atoms with Gasteiger partial charge in [0.1, 0.15) is 5.75 Å². The standard InChI is InChI=1S/C13H21NO3/c1-13(2,3)14-7-12(17)9-5-4-6-11(16)10(9)8-15/h4-6,12,14-17H,7-8H2,1-3H3. The number of aliphatic hydroxyl groups is 2. The van der Waals surface area contributed by atoms with Crippen molar-refractivity contribution in [1.29, 1.82) is 0 Å². The van der Waals surface area contributed by atoms with Gasteiger partial charge in [0.05, 0.1) is 12.7 Å². The van der Waals surface area contributed by atoms with Gasteiger partial charge in [0.15, 0.2) is 0 Å². The summed E-state index contributed by atoms with van der Waals surface area (Å²) in [5, 5.41) is 32.0. The maximum atomic E-state index is 10.0. The largest absolute Gasteiger partial charge is 0.508 e. The average Bonchev–Trinajstić information content (AvgIpc) is 2.24. The highest BCUT2D eigenvalue weighted by atomic mass is 16.3. The molecule has 0 fully saturated rings. The zero-order chi connectivity index (χ0) is 13.1. The molecule has 0 spiro atoms. The van der Waals surface area contributed by atoms with Gasteiger partial charge in [0, 0.05) is 17.6 Å². The van der Waals surface area contributed by atoms with Crippen LogP contribution in [-0.4, -0.2) is 27.4 Å². The van der Waals surface area contributed by atoms with Crippen molar-refractivity contribution >= 4 is 0 Å². The molecule has 0 saturated heterocycles. The highest BCUT2D eigenvalue weighted by Gasteiger charge is 2.17. The summed E-state index contributed by atoms with van der Waals surface area (Å²) in [6.07, 6.45) is -0.747. The van der Waals surface area contributed by atoms with E-state index in [1.807, 2.05) is 20.8 Å². The predicted molar refractivity (Wildman–Crippen MR) is 66.7 cm³/mol. The fraction of sp³-hybridized carbons (Fsp3) is 0.538. The zero-order valence-electron chi connectivity index (χ0n) is 10.6. The van der Waals surface area contributed by atoms with Gasteiger partial charge in [-0.1, -0.05) is 12.1 Å². The van der Waals surface area contributed by atoms with Gasteiger partial charge in [-0.25, -0.2) is 0 Å². The third-order valence-electron chi connectivity index (χ3n) is 2.53. The van der Waals surface area contributed by atoms with Crippen LogP contribution in [0.25, 0.3) is 0 Å². The van der Waals surface area contributed by atoms with Crippen LogP contribution in [0.3, 0.4) is 0 Å². The first kappa shape index (κ1) is 14.0. The van der Waals surface area contributed by atoms with E-state index in [4.69, 9.17) is 0 Å². The summed E-state index contributed by atoms with van der Waals surface area (Å²) in [5.41, 5.74) is 0.858. The molecule has 4 heteroatoms. The second-order valence-corrected chi connectivity index (χ2v) is 5.15. The van der Waals surface area contributed by atoms with Crippen LogP contribution in [0.5, 0.6) is 5.75 Å². The van der Waals surface area contributed by atoms with Crippen molar-refractivity contribution in [3.63, 3.8) is 0 Å². The number of aliphatic hydroxyl groups excluding tert-OH is 2. The maximum absolute atomic E-state index is 10.0. The van der Waals surface area contributed by atoms with Crippen LogP contribution in [-0.2, 0) is 6.61 Å². The summed E-state index contributed by atoms with van der Waals surface area (Å²) in [5.74, 6) is 0.0137. The van der Waals surface area contributed by atoms with Crippen molar-refractivity contribution in [1.82, 2.24) is 5.32 Å². The van der Waals surface area contributed by atoms with Gasteiger partial charge in [-0.2, -0.15) is 0 Å². The molecule has 0 aliphatic carbocycles. The quantitative estimate of drug-likeness (QED) is 0.639. The van der Waals surface area contributed by atoms with E-state index in [9.17, 15) is 15.3 Å². The Hall–Kier alpha value is -1.10. The molecule has 1 atom stereocenters. The second-order valence-electron chi connectivity index (χ2n) is 5.15. The van der Waals surface area contributed by atoms with Gasteiger partial charge >= 0.3 is 0 Å². The normalized spacial score (nSPS) is 13.7. The number of nitrogens with one attached hydrogen (secondary N) is 1. The third kappa shape index (κ3) is 4.00. The van der Waals surface area contributed by atoms with E-state index < -0.39 is 6.10 Å². The molecular weight excluding hydrogens is 218 g/mol. The topological polar surface area (TPSA) is 72.7 Å². The molecule has 1 aromatic rings. The summed E-state index contributed by atoms with van der Waals surface area (Å²) in [7, 11) is 0. The Balaban J connectivity index is 2.82. The lowest BCUT2D eigenvalue weighted by Gasteiger charge is -2.24. The van der Waals surface area contributed by atoms with E-state index in [1.165, 1.54) is 6.07 Å². The highest BCUT2D eigenvalue weighted by Crippen LogP contribution is 2.26. The lowest BCUT2D eigenvalue weighted by molar-refractivity contribution is 0.159. The van der Waals surface area contributed by atoms with Crippen molar-refractivity contribution < 1.29 is 15.3 Å². The highest BCUT2D eigenvalue weighted by molar-refractivity contribution is 5.40. The third-order valence-corrected chi connectivity index (χ3v) is 2.53. The van der Waals surface area contributed by atoms with E-state index in [0.717, 1.165) is 0 Å². The number of hydrogen-bond donors (Lipinski definition) is 4. The van der Waals surface area contributed by atoms with E-state index in [0.29, 0.717) is 17.7 Å². The summed E-state index contributed by atoms with van der Waals surface area (Å²) < 4.78 is 0. The average molecular weight is 239 g/mol. The molecule has 0 heterocycles. The zero-order valence-corrected chi connectivity index (χ0v) is 10.6. The molecule has 0 radical (unpaired) electrons. The summed E-state index contributed by atoms with van der Waals surface area (Å²) in [6.45, 7) is 6.12. The molecule has 0 amide bonds. The Morgan fingerprint density at radius 1 is 1.29 bits per heavy atom. The summed E-state index contributed by atoms with van der Waals surface area (Å²) in [6, 6.07) is 4.86. The lowest BCUT2D eigenvalue weighted by atomic mass is 10.0. The van der Waals surface area contributed by atoms with Crippen molar-refractivity contribution in [2.75, 3.05) is 6.54 Å². The van der Waals surface area contributed by atoms with Crippen LogP contribution in [0.15, 0.2) is 18.2 Å². The van der Waals surface area contributed by atoms with E-state index in [2.05, 4.69) is 5.32 Å². The fourth-order valence-electron chi connectivity index (χ4n) is 1.59. The Morgan fingerprint density at radius 2 is 1.94 bits per heavy atom. The first-order valence-corrected chi connectivity index (χ1v) is 5.70. The minimum absolute atomic E-state index is 0.0137. The Morgan fingerprint density at radius 3 is 2.47 bits per heavy atom. The number of hydrogen-bond acceptors (Lipinski definition) is 4. The van der Waals surface area contributed by atoms with Gasteiger partial charge < -0.3 is 20.6 Å². The van der Waals surface area contributed by atoms with Crippen molar-refractivity contribution in [3.8, 4) is 5.75 Å². The number of phenols is 1. The maximum Gasteiger partial charge on any atom is 0.121 e. The van der Waals surface area contributed by atoms with E-state index in [-0.39, 0.29) is 17.9 Å². The smallest absolute Gasteiger partial charge is 0.121 e. The molecule has 17 heavy (non-hydrogen) atoms. The number of aromatic hydroxyl groups is 1. The van der Waals surface area contributed by atoms with Gasteiger partial charge in [-0.15, -0.1) is 0 Å². The second kappa shape index (κ2) is 5.49. The minimum Gasteiger partial charge on any atom is -0.508 e. The Kier molecular flexibility index (Phi) is 4.51. The molecule has 0 aromatic heterocycles. The molecular formula is C13H21NO3.